The van der Waals surface area contributed by atoms with E-state index in [9.17, 15) is 0 Å². The van der Waals surface area contributed by atoms with Crippen molar-refractivity contribution in [3.05, 3.63) is 11.0 Å². The van der Waals surface area contributed by atoms with E-state index in [2.05, 4.69) is 18.6 Å². The Balaban J connectivity index is 2.10. The summed E-state index contributed by atoms with van der Waals surface area (Å²) in [5.74, 6) is 0. The minimum absolute atomic E-state index is 0.805. The van der Waals surface area contributed by atoms with Crippen molar-refractivity contribution in [3.63, 3.8) is 0 Å². The summed E-state index contributed by atoms with van der Waals surface area (Å²) in [6.07, 6.45) is 8.11. The molecule has 0 N–H and O–H groups in total. The van der Waals surface area contributed by atoms with E-state index in [0.29, 0.717) is 0 Å². The summed E-state index contributed by atoms with van der Waals surface area (Å²) in [5.41, 5.74) is 1.41. The summed E-state index contributed by atoms with van der Waals surface area (Å²) in [7, 11) is 2.27. The summed E-state index contributed by atoms with van der Waals surface area (Å²) >= 11 is 0. The van der Waals surface area contributed by atoms with Gasteiger partial charge in [0, 0.05) is 5.30 Å². The second-order valence-electron chi connectivity index (χ2n) is 3.52. The lowest BCUT2D eigenvalue weighted by Crippen LogP contribution is -1.87. The molecule has 0 saturated carbocycles. The first-order valence-corrected chi connectivity index (χ1v) is 7.89. The van der Waals surface area contributed by atoms with Crippen molar-refractivity contribution in [3.8, 4) is 0 Å². The summed E-state index contributed by atoms with van der Waals surface area (Å²) in [6.45, 7) is 4.49. The third-order valence-corrected chi connectivity index (χ3v) is 5.01. The third-order valence-electron chi connectivity index (χ3n) is 2.34. The van der Waals surface area contributed by atoms with Crippen LogP contribution < -0.4 is 0 Å². The Morgan fingerprint density at radius 3 is 2.62 bits per heavy atom. The van der Waals surface area contributed by atoms with Crippen LogP contribution in [-0.2, 0) is 6.42 Å². The van der Waals surface area contributed by atoms with Crippen molar-refractivity contribution in [2.24, 2.45) is 0 Å². The maximum absolute atomic E-state index is 4.53. The summed E-state index contributed by atoms with van der Waals surface area (Å²) in [6, 6.07) is 0. The monoisotopic (exact) mass is 215 g/mol. The lowest BCUT2D eigenvalue weighted by atomic mass is 10.1. The van der Waals surface area contributed by atoms with Gasteiger partial charge in [-0.15, -0.1) is 0 Å². The van der Waals surface area contributed by atoms with Crippen LogP contribution in [0.5, 0.6) is 0 Å². The molecule has 1 unspecified atom stereocenters. The van der Waals surface area contributed by atoms with Gasteiger partial charge in [-0.25, -0.2) is 4.75 Å². The second kappa shape index (κ2) is 6.57. The smallest absolute Gasteiger partial charge is 0.0523 e. The molecule has 1 nitrogen and oxygen atoms in total. The molecule has 0 amide bonds. The van der Waals surface area contributed by atoms with Gasteiger partial charge in [0.05, 0.1) is 5.69 Å². The fraction of sp³-hybridized carbons (Fsp3) is 0.800. The van der Waals surface area contributed by atoms with Crippen LogP contribution in [0.2, 0.25) is 0 Å². The molecule has 0 radical (unpaired) electrons. The van der Waals surface area contributed by atoms with Crippen LogP contribution in [0.15, 0.2) is 0 Å². The van der Waals surface area contributed by atoms with E-state index in [1.54, 1.807) is 0 Å². The lowest BCUT2D eigenvalue weighted by Gasteiger charge is -1.99. The molecule has 0 fully saturated rings. The zero-order valence-corrected chi connectivity index (χ0v) is 10.5. The Hall–Kier alpha value is 0.140. The SMILES string of the molecule is CCCCCCCc1n[pH]pc1C. The molecule has 0 aromatic carbocycles. The first-order chi connectivity index (χ1) is 6.34. The summed E-state index contributed by atoms with van der Waals surface area (Å²) < 4.78 is 4.53. The molecule has 0 aliphatic heterocycles. The molecule has 1 aromatic heterocycles. The number of unbranched alkanes of at least 4 members (excludes halogenated alkanes) is 4. The van der Waals surface area contributed by atoms with Crippen LogP contribution in [-0.4, -0.2) is 4.75 Å². The lowest BCUT2D eigenvalue weighted by molar-refractivity contribution is 0.629. The van der Waals surface area contributed by atoms with E-state index in [-0.39, 0.29) is 0 Å². The van der Waals surface area contributed by atoms with Crippen molar-refractivity contribution in [2.45, 2.75) is 52.4 Å². The van der Waals surface area contributed by atoms with Crippen LogP contribution in [0.4, 0.5) is 0 Å². The van der Waals surface area contributed by atoms with Crippen LogP contribution in [0.1, 0.15) is 50.0 Å². The average molecular weight is 215 g/mol. The summed E-state index contributed by atoms with van der Waals surface area (Å²) in [4.78, 5) is 0. The third kappa shape index (κ3) is 4.25. The van der Waals surface area contributed by atoms with Gasteiger partial charge in [-0.1, -0.05) is 32.6 Å². The van der Waals surface area contributed by atoms with Gasteiger partial charge < -0.3 is 0 Å². The zero-order chi connectivity index (χ0) is 9.52. The molecule has 1 heterocycles. The van der Waals surface area contributed by atoms with Crippen LogP contribution in [0.3, 0.4) is 0 Å². The molecule has 13 heavy (non-hydrogen) atoms. The van der Waals surface area contributed by atoms with Crippen molar-refractivity contribution in [2.75, 3.05) is 0 Å². The van der Waals surface area contributed by atoms with Gasteiger partial charge in [-0.2, -0.15) is 0 Å². The topological polar surface area (TPSA) is 12.9 Å². The Bertz CT molecular complexity index is 233. The molecule has 0 aliphatic carbocycles. The van der Waals surface area contributed by atoms with E-state index in [4.69, 9.17) is 0 Å². The van der Waals surface area contributed by atoms with Gasteiger partial charge >= 0.3 is 0 Å². The number of nitrogens with zero attached hydrogens (tertiary/aromatic N) is 1. The second-order valence-corrected chi connectivity index (χ2v) is 6.11. The van der Waals surface area contributed by atoms with Crippen molar-refractivity contribution in [1.82, 2.24) is 4.75 Å². The van der Waals surface area contributed by atoms with Gasteiger partial charge in [-0.3, -0.25) is 0 Å². The molecule has 0 bridgehead atoms. The Morgan fingerprint density at radius 1 is 1.23 bits per heavy atom. The number of aromatic nitrogens is 1. The Morgan fingerprint density at radius 2 is 2.00 bits per heavy atom. The van der Waals surface area contributed by atoms with Gasteiger partial charge in [0.1, 0.15) is 0 Å². The molecule has 0 saturated heterocycles. The predicted molar refractivity (Wildman–Crippen MR) is 63.5 cm³/mol. The Kier molecular flexibility index (Phi) is 5.67. The largest absolute Gasteiger partial charge is 0.240 e. The highest BCUT2D eigenvalue weighted by Crippen LogP contribution is 2.27. The summed E-state index contributed by atoms with van der Waals surface area (Å²) in [5, 5.41) is 1.52. The highest BCUT2D eigenvalue weighted by Gasteiger charge is 1.99. The standard InChI is InChI=1S/C10H19NP2/c1-3-4-5-6-7-8-10-9(2)12-13-11-10/h13H,3-8H2,1-2H3. The number of hydrogen-bond donors (Lipinski definition) is 0. The van der Waals surface area contributed by atoms with Gasteiger partial charge in [0.2, 0.25) is 0 Å². The molecule has 1 atom stereocenters. The van der Waals surface area contributed by atoms with Gasteiger partial charge in [0.15, 0.2) is 0 Å². The normalized spacial score (nSPS) is 11.8. The van der Waals surface area contributed by atoms with Crippen molar-refractivity contribution >= 4 is 15.9 Å². The van der Waals surface area contributed by atoms with E-state index in [0.717, 1.165) is 8.03 Å². The Labute approximate surface area is 84.5 Å². The van der Waals surface area contributed by atoms with Gasteiger partial charge in [-0.05, 0) is 35.7 Å². The fourth-order valence-corrected chi connectivity index (χ4v) is 3.77. The molecule has 3 heteroatoms. The maximum Gasteiger partial charge on any atom is 0.0523 e. The highest BCUT2D eigenvalue weighted by atomic mass is 31.8. The minimum atomic E-state index is 0.805. The quantitative estimate of drug-likeness (QED) is 0.636. The van der Waals surface area contributed by atoms with Crippen molar-refractivity contribution in [1.29, 1.82) is 0 Å². The molecular weight excluding hydrogens is 196 g/mol. The van der Waals surface area contributed by atoms with Crippen molar-refractivity contribution < 1.29 is 0 Å². The molecule has 1 rings (SSSR count). The molecular formula is C10H19NP2. The van der Waals surface area contributed by atoms with Gasteiger partial charge in [0.25, 0.3) is 0 Å². The minimum Gasteiger partial charge on any atom is -0.240 e. The number of aryl methyl sites for hydroxylation is 2. The van der Waals surface area contributed by atoms with Crippen LogP contribution >= 0.6 is 15.9 Å². The first-order valence-electron chi connectivity index (χ1n) is 5.21. The number of hydrogen-bond acceptors (Lipinski definition) is 1. The first kappa shape index (κ1) is 11.2. The van der Waals surface area contributed by atoms with E-state index in [1.807, 2.05) is 0 Å². The van der Waals surface area contributed by atoms with Crippen LogP contribution in [0, 0.1) is 6.92 Å². The predicted octanol–water partition coefficient (Wildman–Crippen LogP) is 4.51. The molecule has 0 aliphatic rings. The fourth-order valence-electron chi connectivity index (χ4n) is 1.44. The number of rotatable bonds is 6. The zero-order valence-electron chi connectivity index (χ0n) is 8.64. The van der Waals surface area contributed by atoms with E-state index < -0.39 is 0 Å². The average Bonchev–Trinajstić information content (AvgIpc) is 2.52. The van der Waals surface area contributed by atoms with E-state index in [1.165, 1.54) is 57.4 Å². The van der Waals surface area contributed by atoms with Crippen LogP contribution in [0.25, 0.3) is 0 Å². The van der Waals surface area contributed by atoms with E-state index >= 15 is 0 Å². The molecule has 1 aromatic rings. The highest BCUT2D eigenvalue weighted by molar-refractivity contribution is 7.89. The molecule has 0 spiro atoms. The molecule has 74 valence electrons. The maximum atomic E-state index is 4.53.